The molecule has 0 bridgehead atoms. The van der Waals surface area contributed by atoms with Gasteiger partial charge in [0.05, 0.1) is 6.54 Å². The fourth-order valence-corrected chi connectivity index (χ4v) is 4.90. The van der Waals surface area contributed by atoms with Crippen molar-refractivity contribution >= 4 is 57.4 Å². The van der Waals surface area contributed by atoms with Crippen molar-refractivity contribution in [1.29, 1.82) is 0 Å². The normalized spacial score (nSPS) is 16.0. The minimum absolute atomic E-state index is 0. The summed E-state index contributed by atoms with van der Waals surface area (Å²) < 4.78 is 31.7. The molecule has 0 radical (unpaired) electrons. The quantitative estimate of drug-likeness (QED) is 0.335. The molecule has 166 valence electrons. The van der Waals surface area contributed by atoms with Crippen LogP contribution in [0.2, 0.25) is 0 Å². The molecule has 0 atom stereocenters. The van der Waals surface area contributed by atoms with E-state index in [4.69, 9.17) is 10.5 Å². The van der Waals surface area contributed by atoms with E-state index in [2.05, 4.69) is 4.99 Å². The highest BCUT2D eigenvalue weighted by atomic mass is 127. The number of hydrogen-bond donors (Lipinski definition) is 1. The smallest absolute Gasteiger partial charge is 0.410 e. The number of sulfonamides is 1. The van der Waals surface area contributed by atoms with Gasteiger partial charge in [-0.3, -0.25) is 4.99 Å². The van der Waals surface area contributed by atoms with E-state index >= 15 is 0 Å². The molecular formula is C17H30IN5O4S2. The summed E-state index contributed by atoms with van der Waals surface area (Å²) in [5.74, 6) is 0.353. The van der Waals surface area contributed by atoms with Crippen molar-refractivity contribution in [2.24, 2.45) is 10.7 Å². The molecule has 9 nitrogen and oxygen atoms in total. The second kappa shape index (κ2) is 10.8. The summed E-state index contributed by atoms with van der Waals surface area (Å²) in [5, 5.41) is 1.73. The maximum Gasteiger partial charge on any atom is 0.410 e. The summed E-state index contributed by atoms with van der Waals surface area (Å²) in [6.45, 7) is 8.10. The predicted molar refractivity (Wildman–Crippen MR) is 125 cm³/mol. The van der Waals surface area contributed by atoms with Crippen LogP contribution in [0.25, 0.3) is 0 Å². The summed E-state index contributed by atoms with van der Waals surface area (Å²) in [7, 11) is -1.95. The Hall–Kier alpha value is -1.12. The topological polar surface area (TPSA) is 109 Å². The number of hydrogen-bond acceptors (Lipinski definition) is 6. The molecule has 2 N–H and O–H groups in total. The Morgan fingerprint density at radius 2 is 1.86 bits per heavy atom. The number of likely N-dealkylation sites (N-methyl/N-ethyl adjacent to an activating group) is 1. The van der Waals surface area contributed by atoms with E-state index in [-0.39, 0.29) is 43.2 Å². The lowest BCUT2D eigenvalue weighted by Crippen LogP contribution is -2.53. The number of nitrogens with zero attached hydrogens (tertiary/aromatic N) is 4. The number of thiophene rings is 1. The van der Waals surface area contributed by atoms with Gasteiger partial charge < -0.3 is 20.3 Å². The van der Waals surface area contributed by atoms with Crippen molar-refractivity contribution in [3.8, 4) is 0 Å². The van der Waals surface area contributed by atoms with Crippen LogP contribution in [-0.2, 0) is 14.8 Å². The van der Waals surface area contributed by atoms with E-state index in [1.807, 2.05) is 25.7 Å². The number of halogens is 1. The van der Waals surface area contributed by atoms with Crippen molar-refractivity contribution in [2.75, 3.05) is 46.3 Å². The first-order chi connectivity index (χ1) is 13.0. The predicted octanol–water partition coefficient (Wildman–Crippen LogP) is 1.85. The average molecular weight is 559 g/mol. The number of carbonyl (C=O) groups excluding carboxylic acids is 1. The molecule has 1 saturated heterocycles. The standard InChI is InChI=1S/C17H29N5O4S2.HI/c1-17(2,3)26-16(23)22-11-9-21(10-12-22)15(18)19-7-8-20(4)28(24,25)14-6-5-13-27-14;/h5-6,13H,7-12H2,1-4H3,(H2,18,19);1H. The van der Waals surface area contributed by atoms with E-state index in [0.29, 0.717) is 36.3 Å². The first-order valence-electron chi connectivity index (χ1n) is 9.03. The first kappa shape index (κ1) is 25.9. The fourth-order valence-electron chi connectivity index (χ4n) is 2.53. The minimum Gasteiger partial charge on any atom is -0.444 e. The summed E-state index contributed by atoms with van der Waals surface area (Å²) in [4.78, 5) is 19.9. The largest absolute Gasteiger partial charge is 0.444 e. The second-order valence-electron chi connectivity index (χ2n) is 7.45. The molecule has 1 aromatic rings. The highest BCUT2D eigenvalue weighted by Gasteiger charge is 2.26. The van der Waals surface area contributed by atoms with Crippen LogP contribution in [0, 0.1) is 0 Å². The van der Waals surface area contributed by atoms with E-state index in [1.165, 1.54) is 22.7 Å². The zero-order chi connectivity index (χ0) is 20.9. The Bertz CT molecular complexity index is 785. The van der Waals surface area contributed by atoms with Gasteiger partial charge in [0.15, 0.2) is 5.96 Å². The van der Waals surface area contributed by atoms with Gasteiger partial charge in [-0.15, -0.1) is 35.3 Å². The van der Waals surface area contributed by atoms with Gasteiger partial charge in [-0.05, 0) is 32.2 Å². The molecule has 2 rings (SSSR count). The van der Waals surface area contributed by atoms with Gasteiger partial charge in [0.25, 0.3) is 10.0 Å². The molecule has 0 saturated carbocycles. The summed E-state index contributed by atoms with van der Waals surface area (Å²) in [5.41, 5.74) is 5.51. The fraction of sp³-hybridized carbons (Fsp3) is 0.647. The molecule has 12 heteroatoms. The van der Waals surface area contributed by atoms with Gasteiger partial charge >= 0.3 is 6.09 Å². The minimum atomic E-state index is -3.48. The molecule has 1 aliphatic heterocycles. The Labute approximate surface area is 194 Å². The second-order valence-corrected chi connectivity index (χ2v) is 10.7. The number of carbonyl (C=O) groups is 1. The first-order valence-corrected chi connectivity index (χ1v) is 11.4. The number of amides is 1. The van der Waals surface area contributed by atoms with Gasteiger partial charge in [-0.2, -0.15) is 4.31 Å². The molecule has 1 aromatic heterocycles. The Morgan fingerprint density at radius 1 is 1.28 bits per heavy atom. The Balaban J connectivity index is 0.00000420. The van der Waals surface area contributed by atoms with Crippen molar-refractivity contribution in [1.82, 2.24) is 14.1 Å². The van der Waals surface area contributed by atoms with Crippen LogP contribution in [0.1, 0.15) is 20.8 Å². The summed E-state index contributed by atoms with van der Waals surface area (Å²) in [6.07, 6.45) is -0.330. The lowest BCUT2D eigenvalue weighted by atomic mass is 10.2. The maximum atomic E-state index is 12.4. The van der Waals surface area contributed by atoms with E-state index in [0.717, 1.165) is 0 Å². The van der Waals surface area contributed by atoms with Gasteiger partial charge in [-0.25, -0.2) is 13.2 Å². The lowest BCUT2D eigenvalue weighted by molar-refractivity contribution is 0.0186. The number of rotatable bonds is 5. The monoisotopic (exact) mass is 559 g/mol. The third-order valence-electron chi connectivity index (χ3n) is 4.10. The molecular weight excluding hydrogens is 529 g/mol. The maximum absolute atomic E-state index is 12.4. The van der Waals surface area contributed by atoms with Crippen LogP contribution < -0.4 is 5.73 Å². The Kier molecular flexibility index (Phi) is 9.63. The SMILES string of the molecule is CN(CCN=C(N)N1CCN(C(=O)OC(C)(C)C)CC1)S(=O)(=O)c1cccs1.I. The molecule has 0 aliphatic carbocycles. The van der Waals surface area contributed by atoms with Gasteiger partial charge in [0.2, 0.25) is 0 Å². The van der Waals surface area contributed by atoms with E-state index in [1.54, 1.807) is 22.4 Å². The van der Waals surface area contributed by atoms with Crippen LogP contribution in [-0.4, -0.2) is 86.5 Å². The summed E-state index contributed by atoms with van der Waals surface area (Å²) in [6, 6.07) is 3.29. The van der Waals surface area contributed by atoms with Crippen molar-refractivity contribution in [2.45, 2.75) is 30.6 Å². The van der Waals surface area contributed by atoms with Gasteiger partial charge in [-0.1, -0.05) is 6.07 Å². The lowest BCUT2D eigenvalue weighted by Gasteiger charge is -2.36. The molecule has 0 aromatic carbocycles. The molecule has 1 fully saturated rings. The third-order valence-corrected chi connectivity index (χ3v) is 7.33. The zero-order valence-electron chi connectivity index (χ0n) is 17.2. The van der Waals surface area contributed by atoms with Crippen LogP contribution >= 0.6 is 35.3 Å². The average Bonchev–Trinajstić information content (AvgIpc) is 3.15. The van der Waals surface area contributed by atoms with Crippen LogP contribution in [0.4, 0.5) is 4.79 Å². The van der Waals surface area contributed by atoms with Crippen molar-refractivity contribution in [3.63, 3.8) is 0 Å². The molecule has 0 spiro atoms. The number of piperazine rings is 1. The van der Waals surface area contributed by atoms with Crippen LogP contribution in [0.3, 0.4) is 0 Å². The molecule has 1 aliphatic rings. The highest BCUT2D eigenvalue weighted by Crippen LogP contribution is 2.19. The number of guanidine groups is 1. The molecule has 0 unspecified atom stereocenters. The van der Waals surface area contributed by atoms with Crippen LogP contribution in [0.5, 0.6) is 0 Å². The molecule has 1 amide bonds. The van der Waals surface area contributed by atoms with Gasteiger partial charge in [0, 0.05) is 39.8 Å². The van der Waals surface area contributed by atoms with E-state index < -0.39 is 15.6 Å². The van der Waals surface area contributed by atoms with Crippen molar-refractivity contribution in [3.05, 3.63) is 17.5 Å². The van der Waals surface area contributed by atoms with Crippen molar-refractivity contribution < 1.29 is 17.9 Å². The number of aliphatic imine (C=N–C) groups is 1. The van der Waals surface area contributed by atoms with Gasteiger partial charge in [0.1, 0.15) is 9.81 Å². The molecule has 2 heterocycles. The van der Waals surface area contributed by atoms with Crippen LogP contribution in [0.15, 0.2) is 26.7 Å². The third kappa shape index (κ3) is 7.57. The zero-order valence-corrected chi connectivity index (χ0v) is 21.2. The number of ether oxygens (including phenoxy) is 1. The Morgan fingerprint density at radius 3 is 2.38 bits per heavy atom. The highest BCUT2D eigenvalue weighted by molar-refractivity contribution is 14.0. The summed E-state index contributed by atoms with van der Waals surface area (Å²) >= 11 is 1.19. The molecule has 29 heavy (non-hydrogen) atoms. The number of nitrogens with two attached hydrogens (primary N) is 1. The van der Waals surface area contributed by atoms with E-state index in [9.17, 15) is 13.2 Å².